The van der Waals surface area contributed by atoms with Gasteiger partial charge in [-0.2, -0.15) is 18.3 Å². The first-order valence-electron chi connectivity index (χ1n) is 9.22. The van der Waals surface area contributed by atoms with E-state index in [0.29, 0.717) is 11.5 Å². The summed E-state index contributed by atoms with van der Waals surface area (Å²) in [6.45, 7) is 0.205. The van der Waals surface area contributed by atoms with Crippen LogP contribution in [0, 0.1) is 0 Å². The lowest BCUT2D eigenvalue weighted by molar-refractivity contribution is -0.174. The molecule has 0 radical (unpaired) electrons. The number of hydrogen-bond donors (Lipinski definition) is 2. The van der Waals surface area contributed by atoms with Gasteiger partial charge in [0.25, 0.3) is 5.91 Å². The average molecular weight is 420 g/mol. The topological polar surface area (TPSA) is 81.3 Å². The van der Waals surface area contributed by atoms with Gasteiger partial charge in [0, 0.05) is 19.0 Å². The molecule has 0 saturated heterocycles. The lowest BCUT2D eigenvalue weighted by atomic mass is 10.0. The Morgan fingerprint density at radius 2 is 2.10 bits per heavy atom. The number of halogens is 3. The molecule has 0 saturated carbocycles. The number of nitrogens with one attached hydrogen (secondary N) is 2. The number of carbonyl (C=O) groups excluding carboxylic acids is 1. The number of ether oxygens (including phenoxy) is 1. The highest BCUT2D eigenvalue weighted by molar-refractivity contribution is 5.93. The molecule has 0 spiro atoms. The minimum Gasteiger partial charge on any atom is -0.497 e. The number of alkyl halides is 3. The zero-order chi connectivity index (χ0) is 21.3. The predicted octanol–water partition coefficient (Wildman–Crippen LogP) is 4.08. The smallest absolute Gasteiger partial charge is 0.410 e. The summed E-state index contributed by atoms with van der Waals surface area (Å²) >= 11 is 0. The first kappa shape index (κ1) is 19.9. The standard InChI is InChI=1S/C20H19F3N4O3/c1-29-13-6-4-12(5-7-13)11-24-19(28)15-10-18-25-14(16-3-2-8-30-16)9-17(20(21,22)23)27(18)26-15/h2-8,10,14,17,25H,9,11H2,1H3,(H,24,28)/t14-,17+/m0/s1. The molecule has 2 aromatic heterocycles. The van der Waals surface area contributed by atoms with Crippen molar-refractivity contribution in [1.29, 1.82) is 0 Å². The highest BCUT2D eigenvalue weighted by Crippen LogP contribution is 2.43. The Kier molecular flexibility index (Phi) is 5.15. The number of carbonyl (C=O) groups is 1. The van der Waals surface area contributed by atoms with E-state index in [9.17, 15) is 18.0 Å². The van der Waals surface area contributed by atoms with E-state index >= 15 is 0 Å². The molecule has 0 unspecified atom stereocenters. The molecule has 1 amide bonds. The van der Waals surface area contributed by atoms with Crippen molar-refractivity contribution in [2.45, 2.75) is 31.2 Å². The lowest BCUT2D eigenvalue weighted by Gasteiger charge is -2.32. The van der Waals surface area contributed by atoms with Crippen LogP contribution in [0.1, 0.15) is 40.3 Å². The Bertz CT molecular complexity index is 1010. The molecule has 3 aromatic rings. The van der Waals surface area contributed by atoms with Crippen LogP contribution in [0.3, 0.4) is 0 Å². The van der Waals surface area contributed by atoms with Gasteiger partial charge < -0.3 is 19.8 Å². The van der Waals surface area contributed by atoms with Crippen LogP contribution in [0.5, 0.6) is 5.75 Å². The monoisotopic (exact) mass is 420 g/mol. The molecule has 0 bridgehead atoms. The number of anilines is 1. The molecule has 7 nitrogen and oxygen atoms in total. The van der Waals surface area contributed by atoms with Crippen molar-refractivity contribution in [1.82, 2.24) is 15.1 Å². The fourth-order valence-corrected chi connectivity index (χ4v) is 3.38. The van der Waals surface area contributed by atoms with Gasteiger partial charge in [-0.3, -0.25) is 4.79 Å². The fourth-order valence-electron chi connectivity index (χ4n) is 3.38. The van der Waals surface area contributed by atoms with Gasteiger partial charge in [0.2, 0.25) is 0 Å². The molecule has 2 atom stereocenters. The zero-order valence-corrected chi connectivity index (χ0v) is 15.9. The van der Waals surface area contributed by atoms with E-state index in [-0.39, 0.29) is 24.5 Å². The largest absolute Gasteiger partial charge is 0.497 e. The molecule has 0 aliphatic carbocycles. The van der Waals surface area contributed by atoms with Gasteiger partial charge in [0.15, 0.2) is 11.7 Å². The number of benzene rings is 1. The molecule has 30 heavy (non-hydrogen) atoms. The molecule has 4 rings (SSSR count). The van der Waals surface area contributed by atoms with Gasteiger partial charge >= 0.3 is 6.18 Å². The van der Waals surface area contributed by atoms with Crippen LogP contribution >= 0.6 is 0 Å². The minimum atomic E-state index is -4.52. The molecule has 158 valence electrons. The second-order valence-electron chi connectivity index (χ2n) is 6.90. The summed E-state index contributed by atoms with van der Waals surface area (Å²) in [5.41, 5.74) is 0.720. The summed E-state index contributed by atoms with van der Waals surface area (Å²) < 4.78 is 52.1. The third-order valence-corrected chi connectivity index (χ3v) is 4.92. The highest BCUT2D eigenvalue weighted by atomic mass is 19.4. The van der Waals surface area contributed by atoms with E-state index in [4.69, 9.17) is 9.15 Å². The number of amides is 1. The van der Waals surface area contributed by atoms with E-state index in [2.05, 4.69) is 15.7 Å². The molecule has 1 aromatic carbocycles. The summed E-state index contributed by atoms with van der Waals surface area (Å²) in [6, 6.07) is 9.07. The van der Waals surface area contributed by atoms with Crippen molar-refractivity contribution >= 4 is 11.7 Å². The lowest BCUT2D eigenvalue weighted by Crippen LogP contribution is -2.35. The highest BCUT2D eigenvalue weighted by Gasteiger charge is 2.47. The Morgan fingerprint density at radius 1 is 1.33 bits per heavy atom. The summed E-state index contributed by atoms with van der Waals surface area (Å²) in [5.74, 6) is 0.619. The number of nitrogens with zero attached hydrogens (tertiary/aromatic N) is 2. The van der Waals surface area contributed by atoms with E-state index < -0.39 is 24.2 Å². The number of methoxy groups -OCH3 is 1. The Hall–Kier alpha value is -3.43. The van der Waals surface area contributed by atoms with Crippen LogP contribution < -0.4 is 15.4 Å². The van der Waals surface area contributed by atoms with E-state index in [1.165, 1.54) is 12.3 Å². The normalized spacial score (nSPS) is 18.4. The third-order valence-electron chi connectivity index (χ3n) is 4.92. The van der Waals surface area contributed by atoms with Gasteiger partial charge in [0.05, 0.1) is 19.4 Å². The molecular weight excluding hydrogens is 401 g/mol. The van der Waals surface area contributed by atoms with Crippen LogP contribution in [0.2, 0.25) is 0 Å². The number of hydrogen-bond acceptors (Lipinski definition) is 5. The maximum atomic E-state index is 13.6. The quantitative estimate of drug-likeness (QED) is 0.650. The molecule has 0 fully saturated rings. The van der Waals surface area contributed by atoms with Crippen molar-refractivity contribution in [3.8, 4) is 5.75 Å². The van der Waals surface area contributed by atoms with Gasteiger partial charge in [-0.05, 0) is 29.8 Å². The number of fused-ring (bicyclic) bond motifs is 1. The van der Waals surface area contributed by atoms with Crippen LogP contribution in [0.4, 0.5) is 19.0 Å². The van der Waals surface area contributed by atoms with Crippen molar-refractivity contribution in [2.75, 3.05) is 12.4 Å². The van der Waals surface area contributed by atoms with Crippen molar-refractivity contribution in [3.05, 3.63) is 65.7 Å². The Morgan fingerprint density at radius 3 is 2.73 bits per heavy atom. The Balaban J connectivity index is 1.52. The molecule has 1 aliphatic heterocycles. The van der Waals surface area contributed by atoms with E-state index in [1.54, 1.807) is 43.5 Å². The average Bonchev–Trinajstić information content (AvgIpc) is 3.40. The maximum Gasteiger partial charge on any atom is 0.410 e. The van der Waals surface area contributed by atoms with Gasteiger partial charge in [-0.15, -0.1) is 0 Å². The van der Waals surface area contributed by atoms with Gasteiger partial charge in [-0.1, -0.05) is 12.1 Å². The van der Waals surface area contributed by atoms with Gasteiger partial charge in [-0.25, -0.2) is 4.68 Å². The maximum absolute atomic E-state index is 13.6. The Labute approximate surface area is 169 Å². The van der Waals surface area contributed by atoms with Crippen molar-refractivity contribution in [3.63, 3.8) is 0 Å². The minimum absolute atomic E-state index is 0.0969. The fraction of sp³-hybridized carbons (Fsp3) is 0.300. The van der Waals surface area contributed by atoms with Crippen molar-refractivity contribution < 1.29 is 27.1 Å². The first-order chi connectivity index (χ1) is 14.3. The molecular formula is C20H19F3N4O3. The van der Waals surface area contributed by atoms with E-state index in [0.717, 1.165) is 10.2 Å². The molecule has 2 N–H and O–H groups in total. The van der Waals surface area contributed by atoms with E-state index in [1.807, 2.05) is 0 Å². The SMILES string of the molecule is COc1ccc(CNC(=O)c2cc3n(n2)[C@@H](C(F)(F)F)C[C@@H](c2ccco2)N3)cc1. The molecule has 3 heterocycles. The van der Waals surface area contributed by atoms with Crippen LogP contribution in [-0.4, -0.2) is 29.0 Å². The third kappa shape index (κ3) is 3.98. The van der Waals surface area contributed by atoms with Crippen molar-refractivity contribution in [2.24, 2.45) is 0 Å². The van der Waals surface area contributed by atoms with Gasteiger partial charge in [0.1, 0.15) is 17.3 Å². The summed E-state index contributed by atoms with van der Waals surface area (Å²) in [4.78, 5) is 12.5. The number of rotatable bonds is 5. The second kappa shape index (κ2) is 7.77. The zero-order valence-electron chi connectivity index (χ0n) is 15.9. The number of furan rings is 1. The second-order valence-corrected chi connectivity index (χ2v) is 6.90. The van der Waals surface area contributed by atoms with Crippen LogP contribution in [-0.2, 0) is 6.54 Å². The molecule has 1 aliphatic rings. The first-order valence-corrected chi connectivity index (χ1v) is 9.22. The van der Waals surface area contributed by atoms with Crippen LogP contribution in [0.25, 0.3) is 0 Å². The van der Waals surface area contributed by atoms with Crippen LogP contribution in [0.15, 0.2) is 53.1 Å². The summed E-state index contributed by atoms with van der Waals surface area (Å²) in [5, 5.41) is 9.57. The molecule has 10 heteroatoms. The predicted molar refractivity (Wildman–Crippen MR) is 101 cm³/mol. The summed E-state index contributed by atoms with van der Waals surface area (Å²) in [6.07, 6.45) is -3.41. The summed E-state index contributed by atoms with van der Waals surface area (Å²) in [7, 11) is 1.55. The number of aromatic nitrogens is 2.